The van der Waals surface area contributed by atoms with Crippen LogP contribution in [0.2, 0.25) is 0 Å². The van der Waals surface area contributed by atoms with Crippen LogP contribution >= 0.6 is 0 Å². The van der Waals surface area contributed by atoms with Crippen molar-refractivity contribution in [3.05, 3.63) is 0 Å². The van der Waals surface area contributed by atoms with Crippen molar-refractivity contribution in [1.82, 2.24) is 15.1 Å². The predicted octanol–water partition coefficient (Wildman–Crippen LogP) is -0.884. The Balaban J connectivity index is 1.53. The first kappa shape index (κ1) is 17.1. The summed E-state index contributed by atoms with van der Waals surface area (Å²) in [5.74, 6) is 0. The van der Waals surface area contributed by atoms with Gasteiger partial charge in [0, 0.05) is 32.2 Å². The van der Waals surface area contributed by atoms with Gasteiger partial charge in [0.1, 0.15) is 0 Å². The summed E-state index contributed by atoms with van der Waals surface area (Å²) in [6, 6.07) is 0.509. The number of likely N-dealkylation sites (tertiary alicyclic amines) is 1. The van der Waals surface area contributed by atoms with E-state index in [0.717, 1.165) is 52.5 Å². The van der Waals surface area contributed by atoms with Crippen LogP contribution < -0.4 is 5.32 Å². The smallest absolute Gasteiger partial charge is 0.0897 e. The molecule has 124 valence electrons. The normalized spacial score (nSPS) is 26.3. The third-order valence-electron chi connectivity index (χ3n) is 4.47. The van der Waals surface area contributed by atoms with Gasteiger partial charge in [0.15, 0.2) is 0 Å². The van der Waals surface area contributed by atoms with Gasteiger partial charge in [-0.2, -0.15) is 0 Å². The van der Waals surface area contributed by atoms with E-state index in [0.29, 0.717) is 12.6 Å². The molecule has 3 N–H and O–H groups in total. The topological polar surface area (TPSA) is 68.2 Å². The first-order valence-corrected chi connectivity index (χ1v) is 8.33. The first-order chi connectivity index (χ1) is 10.3. The van der Waals surface area contributed by atoms with Gasteiger partial charge in [-0.15, -0.1) is 0 Å². The molecule has 0 saturated carbocycles. The van der Waals surface area contributed by atoms with Crippen LogP contribution in [0.1, 0.15) is 19.3 Å². The lowest BCUT2D eigenvalue weighted by Gasteiger charge is -2.27. The van der Waals surface area contributed by atoms with Crippen molar-refractivity contribution >= 4 is 0 Å². The van der Waals surface area contributed by atoms with Gasteiger partial charge in [-0.3, -0.25) is 9.80 Å². The van der Waals surface area contributed by atoms with Crippen LogP contribution in [0.15, 0.2) is 0 Å². The van der Waals surface area contributed by atoms with E-state index in [1.165, 1.54) is 19.3 Å². The summed E-state index contributed by atoms with van der Waals surface area (Å²) in [7, 11) is 0. The standard InChI is InChI=1S/C15H31N3O3/c19-13-15(20)12-18-6-1-3-14(18)11-16-4-2-5-17-7-9-21-10-8-17/h14-16,19-20H,1-13H2. The Hall–Kier alpha value is -0.240. The van der Waals surface area contributed by atoms with E-state index in [-0.39, 0.29) is 6.61 Å². The number of aliphatic hydroxyl groups excluding tert-OH is 2. The average Bonchev–Trinajstić information content (AvgIpc) is 2.95. The molecule has 2 atom stereocenters. The molecule has 0 aliphatic carbocycles. The van der Waals surface area contributed by atoms with Gasteiger partial charge >= 0.3 is 0 Å². The van der Waals surface area contributed by atoms with Crippen LogP contribution in [-0.2, 0) is 4.74 Å². The molecule has 2 aliphatic rings. The van der Waals surface area contributed by atoms with Crippen molar-refractivity contribution in [3.8, 4) is 0 Å². The summed E-state index contributed by atoms with van der Waals surface area (Å²) in [6.45, 7) is 8.55. The van der Waals surface area contributed by atoms with E-state index in [1.807, 2.05) is 0 Å². The Morgan fingerprint density at radius 2 is 2.05 bits per heavy atom. The number of hydrogen-bond donors (Lipinski definition) is 3. The second-order valence-corrected chi connectivity index (χ2v) is 6.14. The van der Waals surface area contributed by atoms with Crippen LogP contribution in [0.25, 0.3) is 0 Å². The van der Waals surface area contributed by atoms with Crippen LogP contribution in [0, 0.1) is 0 Å². The molecule has 2 fully saturated rings. The highest BCUT2D eigenvalue weighted by Crippen LogP contribution is 2.16. The van der Waals surface area contributed by atoms with E-state index < -0.39 is 6.10 Å². The van der Waals surface area contributed by atoms with E-state index in [2.05, 4.69) is 15.1 Å². The molecule has 2 rings (SSSR count). The molecule has 0 aromatic carbocycles. The number of aliphatic hydroxyl groups is 2. The highest BCUT2D eigenvalue weighted by molar-refractivity contribution is 4.82. The number of hydrogen-bond acceptors (Lipinski definition) is 6. The fourth-order valence-corrected chi connectivity index (χ4v) is 3.22. The van der Waals surface area contributed by atoms with E-state index >= 15 is 0 Å². The Labute approximate surface area is 128 Å². The molecule has 6 nitrogen and oxygen atoms in total. The van der Waals surface area contributed by atoms with Gasteiger partial charge in [0.25, 0.3) is 0 Å². The van der Waals surface area contributed by atoms with E-state index in [1.54, 1.807) is 0 Å². The van der Waals surface area contributed by atoms with Crippen LogP contribution in [0.3, 0.4) is 0 Å². The highest BCUT2D eigenvalue weighted by atomic mass is 16.5. The number of rotatable bonds is 9. The van der Waals surface area contributed by atoms with Gasteiger partial charge in [-0.1, -0.05) is 0 Å². The number of β-amino-alcohol motifs (C(OH)–C–C–N with tert-alkyl or cyclic N) is 1. The predicted molar refractivity (Wildman–Crippen MR) is 82.4 cm³/mol. The minimum Gasteiger partial charge on any atom is -0.394 e. The molecule has 6 heteroatoms. The van der Waals surface area contributed by atoms with Gasteiger partial charge in [-0.25, -0.2) is 0 Å². The van der Waals surface area contributed by atoms with Crippen molar-refractivity contribution < 1.29 is 14.9 Å². The van der Waals surface area contributed by atoms with Crippen LogP contribution in [0.5, 0.6) is 0 Å². The van der Waals surface area contributed by atoms with Crippen LogP contribution in [0.4, 0.5) is 0 Å². The lowest BCUT2D eigenvalue weighted by atomic mass is 10.2. The number of nitrogens with zero attached hydrogens (tertiary/aromatic N) is 2. The zero-order valence-corrected chi connectivity index (χ0v) is 13.0. The molecule has 0 radical (unpaired) electrons. The maximum Gasteiger partial charge on any atom is 0.0897 e. The quantitative estimate of drug-likeness (QED) is 0.481. The lowest BCUT2D eigenvalue weighted by molar-refractivity contribution is 0.0373. The zero-order chi connectivity index (χ0) is 14.9. The summed E-state index contributed by atoms with van der Waals surface area (Å²) >= 11 is 0. The van der Waals surface area contributed by atoms with Gasteiger partial charge in [0.2, 0.25) is 0 Å². The Morgan fingerprint density at radius 1 is 1.24 bits per heavy atom. The molecule has 21 heavy (non-hydrogen) atoms. The number of morpholine rings is 1. The van der Waals surface area contributed by atoms with Crippen molar-refractivity contribution in [2.45, 2.75) is 31.4 Å². The Morgan fingerprint density at radius 3 is 2.81 bits per heavy atom. The van der Waals surface area contributed by atoms with E-state index in [9.17, 15) is 5.11 Å². The fraction of sp³-hybridized carbons (Fsp3) is 1.00. The molecule has 0 bridgehead atoms. The summed E-state index contributed by atoms with van der Waals surface area (Å²) in [5.41, 5.74) is 0. The second kappa shape index (κ2) is 9.71. The zero-order valence-electron chi connectivity index (χ0n) is 13.0. The molecule has 0 aromatic heterocycles. The SMILES string of the molecule is OCC(O)CN1CCCC1CNCCCN1CCOCC1. The van der Waals surface area contributed by atoms with Crippen molar-refractivity contribution in [2.24, 2.45) is 0 Å². The molecule has 0 aromatic rings. The van der Waals surface area contributed by atoms with Gasteiger partial charge in [-0.05, 0) is 38.9 Å². The maximum absolute atomic E-state index is 9.56. The lowest BCUT2D eigenvalue weighted by Crippen LogP contribution is -2.43. The third kappa shape index (κ3) is 6.18. The van der Waals surface area contributed by atoms with Crippen molar-refractivity contribution in [3.63, 3.8) is 0 Å². The monoisotopic (exact) mass is 301 g/mol. The van der Waals surface area contributed by atoms with E-state index in [4.69, 9.17) is 9.84 Å². The maximum atomic E-state index is 9.56. The third-order valence-corrected chi connectivity index (χ3v) is 4.47. The molecule has 2 aliphatic heterocycles. The summed E-state index contributed by atoms with van der Waals surface area (Å²) in [6.07, 6.45) is 2.95. The Kier molecular flexibility index (Phi) is 7.92. The second-order valence-electron chi connectivity index (χ2n) is 6.14. The largest absolute Gasteiger partial charge is 0.394 e. The number of nitrogens with one attached hydrogen (secondary N) is 1. The van der Waals surface area contributed by atoms with Crippen molar-refractivity contribution in [1.29, 1.82) is 0 Å². The van der Waals surface area contributed by atoms with Gasteiger partial charge in [0.05, 0.1) is 25.9 Å². The molecular weight excluding hydrogens is 270 g/mol. The minimum absolute atomic E-state index is 0.143. The molecule has 0 spiro atoms. The molecule has 2 heterocycles. The minimum atomic E-state index is -0.605. The van der Waals surface area contributed by atoms with Crippen LogP contribution in [-0.4, -0.2) is 97.8 Å². The fourth-order valence-electron chi connectivity index (χ4n) is 3.22. The molecule has 0 amide bonds. The first-order valence-electron chi connectivity index (χ1n) is 8.33. The van der Waals surface area contributed by atoms with Crippen molar-refractivity contribution in [2.75, 3.05) is 65.6 Å². The molecule has 2 saturated heterocycles. The highest BCUT2D eigenvalue weighted by Gasteiger charge is 2.25. The molecular formula is C15H31N3O3. The summed E-state index contributed by atoms with van der Waals surface area (Å²) in [4.78, 5) is 4.76. The summed E-state index contributed by atoms with van der Waals surface area (Å²) in [5, 5.41) is 22.1. The summed E-state index contributed by atoms with van der Waals surface area (Å²) < 4.78 is 5.35. The average molecular weight is 301 g/mol. The Bertz CT molecular complexity index is 275. The molecule has 2 unspecified atom stereocenters. The van der Waals surface area contributed by atoms with Gasteiger partial charge < -0.3 is 20.3 Å². The number of ether oxygens (including phenoxy) is 1.